The van der Waals surface area contributed by atoms with Gasteiger partial charge in [0, 0.05) is 34.0 Å². The summed E-state index contributed by atoms with van der Waals surface area (Å²) >= 11 is 6.19. The maximum Gasteiger partial charge on any atom is 0.332 e. The third-order valence-electron chi connectivity index (χ3n) is 7.11. The van der Waals surface area contributed by atoms with Crippen molar-refractivity contribution in [2.24, 2.45) is 0 Å². The number of ether oxygens (including phenoxy) is 1. The van der Waals surface area contributed by atoms with E-state index >= 15 is 0 Å². The van der Waals surface area contributed by atoms with Gasteiger partial charge in [-0.25, -0.2) is 9.69 Å². The molecule has 0 bridgehead atoms. The second-order valence-electron chi connectivity index (χ2n) is 8.84. The van der Waals surface area contributed by atoms with Gasteiger partial charge in [-0.15, -0.1) is 0 Å². The number of urea groups is 1. The van der Waals surface area contributed by atoms with Gasteiger partial charge in [0.25, 0.3) is 5.91 Å². The van der Waals surface area contributed by atoms with Crippen LogP contribution in [0.25, 0.3) is 10.9 Å². The third-order valence-corrected chi connectivity index (χ3v) is 7.34. The zero-order valence-electron chi connectivity index (χ0n) is 18.7. The standard InChI is InChI=1S/C27H22ClN3O3/c1-27-24-23(19-11-3-5-12-21(19)29-24)20(18-10-4-6-13-22(18)34-2)15-30(27)26(33)31(25(27)32)17-9-7-8-16(28)14-17/h3-14,20,29H,15H2,1-2H3/t20?,27-/m0/s1. The second-order valence-corrected chi connectivity index (χ2v) is 9.28. The Balaban J connectivity index is 1.60. The highest BCUT2D eigenvalue weighted by Crippen LogP contribution is 2.51. The average Bonchev–Trinajstić information content (AvgIpc) is 3.33. The molecule has 1 saturated heterocycles. The van der Waals surface area contributed by atoms with Crippen LogP contribution in [-0.2, 0) is 10.3 Å². The molecular formula is C27H22ClN3O3. The van der Waals surface area contributed by atoms with E-state index in [4.69, 9.17) is 16.3 Å². The molecule has 3 aromatic carbocycles. The van der Waals surface area contributed by atoms with Crippen molar-refractivity contribution < 1.29 is 14.3 Å². The number of carbonyl (C=O) groups excluding carboxylic acids is 2. The van der Waals surface area contributed by atoms with Crippen molar-refractivity contribution in [2.45, 2.75) is 18.4 Å². The molecule has 1 aromatic heterocycles. The van der Waals surface area contributed by atoms with Gasteiger partial charge >= 0.3 is 6.03 Å². The third kappa shape index (κ3) is 2.69. The molecule has 6 rings (SSSR count). The first-order chi connectivity index (χ1) is 16.4. The Hall–Kier alpha value is -3.77. The Labute approximate surface area is 201 Å². The molecule has 4 aromatic rings. The molecular weight excluding hydrogens is 450 g/mol. The van der Waals surface area contributed by atoms with Crippen molar-refractivity contribution in [1.29, 1.82) is 0 Å². The van der Waals surface area contributed by atoms with Crippen LogP contribution in [-0.4, -0.2) is 35.5 Å². The lowest BCUT2D eigenvalue weighted by atomic mass is 9.78. The van der Waals surface area contributed by atoms with Gasteiger partial charge in [-0.05, 0) is 42.8 Å². The smallest absolute Gasteiger partial charge is 0.332 e. The number of nitrogens with one attached hydrogen (secondary N) is 1. The summed E-state index contributed by atoms with van der Waals surface area (Å²) in [6.07, 6.45) is 0. The average molecular weight is 472 g/mol. The molecule has 2 atom stereocenters. The van der Waals surface area contributed by atoms with Gasteiger partial charge < -0.3 is 14.6 Å². The lowest BCUT2D eigenvalue weighted by Gasteiger charge is -2.40. The van der Waals surface area contributed by atoms with E-state index in [-0.39, 0.29) is 17.9 Å². The number of fused-ring (bicyclic) bond motifs is 5. The number of halogens is 1. The largest absolute Gasteiger partial charge is 0.496 e. The lowest BCUT2D eigenvalue weighted by molar-refractivity contribution is -0.125. The molecule has 0 spiro atoms. The molecule has 7 heteroatoms. The number of aromatic amines is 1. The summed E-state index contributed by atoms with van der Waals surface area (Å²) in [5.41, 5.74) is 2.94. The highest BCUT2D eigenvalue weighted by Gasteiger charge is 2.60. The molecule has 34 heavy (non-hydrogen) atoms. The molecule has 6 nitrogen and oxygen atoms in total. The molecule has 2 aliphatic rings. The summed E-state index contributed by atoms with van der Waals surface area (Å²) in [6, 6.07) is 22.3. The van der Waals surface area contributed by atoms with Crippen molar-refractivity contribution in [3.05, 3.63) is 94.6 Å². The zero-order chi connectivity index (χ0) is 23.6. The van der Waals surface area contributed by atoms with Crippen molar-refractivity contribution in [3.8, 4) is 5.75 Å². The maximum atomic E-state index is 14.0. The number of para-hydroxylation sites is 2. The second kappa shape index (κ2) is 7.37. The van der Waals surface area contributed by atoms with Gasteiger partial charge in [0.1, 0.15) is 5.75 Å². The van der Waals surface area contributed by atoms with Crippen molar-refractivity contribution >= 4 is 40.1 Å². The van der Waals surface area contributed by atoms with E-state index in [1.165, 1.54) is 4.90 Å². The van der Waals surface area contributed by atoms with Crippen LogP contribution >= 0.6 is 11.6 Å². The summed E-state index contributed by atoms with van der Waals surface area (Å²) in [4.78, 5) is 34.1. The first-order valence-corrected chi connectivity index (χ1v) is 11.5. The van der Waals surface area contributed by atoms with Crippen LogP contribution in [0.3, 0.4) is 0 Å². The number of anilines is 1. The monoisotopic (exact) mass is 471 g/mol. The van der Waals surface area contributed by atoms with E-state index in [1.807, 2.05) is 49.4 Å². The molecule has 1 fully saturated rings. The molecule has 170 valence electrons. The van der Waals surface area contributed by atoms with E-state index in [1.54, 1.807) is 36.3 Å². The van der Waals surface area contributed by atoms with Crippen LogP contribution in [0.5, 0.6) is 5.75 Å². The Morgan fingerprint density at radius 3 is 2.59 bits per heavy atom. The van der Waals surface area contributed by atoms with Gasteiger partial charge in [0.15, 0.2) is 5.54 Å². The summed E-state index contributed by atoms with van der Waals surface area (Å²) < 4.78 is 5.68. The van der Waals surface area contributed by atoms with Crippen molar-refractivity contribution in [1.82, 2.24) is 9.88 Å². The van der Waals surface area contributed by atoms with Gasteiger partial charge in [-0.3, -0.25) is 4.79 Å². The predicted octanol–water partition coefficient (Wildman–Crippen LogP) is 5.66. The number of amides is 3. The van der Waals surface area contributed by atoms with E-state index in [0.29, 0.717) is 17.3 Å². The Bertz CT molecular complexity index is 1480. The van der Waals surface area contributed by atoms with Gasteiger partial charge in [0.05, 0.1) is 18.5 Å². The molecule has 1 N–H and O–H groups in total. The Kier molecular flexibility index (Phi) is 4.51. The summed E-state index contributed by atoms with van der Waals surface area (Å²) in [5.74, 6) is 0.273. The quantitative estimate of drug-likeness (QED) is 0.392. The van der Waals surface area contributed by atoms with Gasteiger partial charge in [0.2, 0.25) is 0 Å². The number of imide groups is 1. The number of methoxy groups -OCH3 is 1. The van der Waals surface area contributed by atoms with E-state index in [2.05, 4.69) is 11.1 Å². The maximum absolute atomic E-state index is 14.0. The molecule has 0 aliphatic carbocycles. The molecule has 1 unspecified atom stereocenters. The minimum Gasteiger partial charge on any atom is -0.496 e. The number of aromatic nitrogens is 1. The predicted molar refractivity (Wildman–Crippen MR) is 132 cm³/mol. The van der Waals surface area contributed by atoms with Crippen LogP contribution in [0.2, 0.25) is 5.02 Å². The van der Waals surface area contributed by atoms with E-state index in [0.717, 1.165) is 33.5 Å². The Morgan fingerprint density at radius 1 is 1.03 bits per heavy atom. The highest BCUT2D eigenvalue weighted by atomic mass is 35.5. The lowest BCUT2D eigenvalue weighted by Crippen LogP contribution is -2.50. The fraction of sp³-hybridized carbons (Fsp3) is 0.185. The number of carbonyl (C=O) groups is 2. The van der Waals surface area contributed by atoms with Gasteiger partial charge in [-0.2, -0.15) is 0 Å². The SMILES string of the molecule is COc1ccccc1C1CN2C(=O)N(c3cccc(Cl)c3)C(=O)[C@]2(C)c2[nH]c3ccccc3c21. The molecule has 0 saturated carbocycles. The van der Waals surface area contributed by atoms with Crippen LogP contribution in [0.1, 0.15) is 29.7 Å². The zero-order valence-corrected chi connectivity index (χ0v) is 19.5. The Morgan fingerprint density at radius 2 is 1.79 bits per heavy atom. The molecule has 3 amide bonds. The first-order valence-electron chi connectivity index (χ1n) is 11.1. The van der Waals surface area contributed by atoms with Crippen LogP contribution in [0.15, 0.2) is 72.8 Å². The molecule has 2 aliphatic heterocycles. The number of H-pyrrole nitrogens is 1. The van der Waals surface area contributed by atoms with Crippen molar-refractivity contribution in [3.63, 3.8) is 0 Å². The number of nitrogens with zero attached hydrogens (tertiary/aromatic N) is 2. The minimum absolute atomic E-state index is 0.175. The fourth-order valence-corrected chi connectivity index (χ4v) is 5.65. The normalized spacial score (nSPS) is 21.7. The summed E-state index contributed by atoms with van der Waals surface area (Å²) in [6.45, 7) is 2.16. The van der Waals surface area contributed by atoms with Crippen molar-refractivity contribution in [2.75, 3.05) is 18.6 Å². The fourth-order valence-electron chi connectivity index (χ4n) is 5.47. The summed E-state index contributed by atoms with van der Waals surface area (Å²) in [7, 11) is 1.65. The molecule has 0 radical (unpaired) electrons. The number of hydrogen-bond donors (Lipinski definition) is 1. The topological polar surface area (TPSA) is 65.6 Å². The van der Waals surface area contributed by atoms with Crippen LogP contribution in [0, 0.1) is 0 Å². The summed E-state index contributed by atoms with van der Waals surface area (Å²) in [5, 5.41) is 1.50. The first kappa shape index (κ1) is 20.8. The minimum atomic E-state index is -1.17. The van der Waals surface area contributed by atoms with Gasteiger partial charge in [-0.1, -0.05) is 54.1 Å². The van der Waals surface area contributed by atoms with Crippen LogP contribution < -0.4 is 9.64 Å². The number of benzene rings is 3. The molecule has 3 heterocycles. The number of rotatable bonds is 3. The van der Waals surface area contributed by atoms with E-state index in [9.17, 15) is 9.59 Å². The van der Waals surface area contributed by atoms with Crippen LogP contribution in [0.4, 0.5) is 10.5 Å². The highest BCUT2D eigenvalue weighted by molar-refractivity contribution is 6.31. The number of hydrogen-bond acceptors (Lipinski definition) is 3. The van der Waals surface area contributed by atoms with E-state index < -0.39 is 5.54 Å².